The zero-order valence-electron chi connectivity index (χ0n) is 22.0. The molecule has 2 aromatic rings. The van der Waals surface area contributed by atoms with Crippen LogP contribution in [0.4, 0.5) is 10.5 Å². The Balaban J connectivity index is 1.89. The monoisotopic (exact) mass is 497 g/mol. The number of aromatic nitrogens is 1. The number of amides is 3. The number of nitrogens with one attached hydrogen (secondary N) is 2. The Morgan fingerprint density at radius 3 is 2.72 bits per heavy atom. The Morgan fingerprint density at radius 2 is 2.03 bits per heavy atom. The van der Waals surface area contributed by atoms with Crippen LogP contribution < -0.4 is 15.4 Å². The fraction of sp³-hybridized carbons (Fsp3) is 0.519. The third-order valence-corrected chi connectivity index (χ3v) is 6.46. The second-order valence-corrected chi connectivity index (χ2v) is 9.44. The van der Waals surface area contributed by atoms with Gasteiger partial charge >= 0.3 is 6.03 Å². The van der Waals surface area contributed by atoms with E-state index in [-0.39, 0.29) is 30.0 Å². The molecule has 3 rings (SSSR count). The number of pyridine rings is 1. The summed E-state index contributed by atoms with van der Waals surface area (Å²) in [7, 11) is 3.45. The van der Waals surface area contributed by atoms with E-state index < -0.39 is 0 Å². The van der Waals surface area contributed by atoms with Crippen LogP contribution in [-0.4, -0.2) is 79.3 Å². The molecule has 0 unspecified atom stereocenters. The van der Waals surface area contributed by atoms with E-state index in [1.165, 1.54) is 0 Å². The zero-order chi connectivity index (χ0) is 26.1. The predicted octanol–water partition coefficient (Wildman–Crippen LogP) is 3.62. The minimum absolute atomic E-state index is 0.0599. The minimum Gasteiger partial charge on any atom is -0.491 e. The fourth-order valence-corrected chi connectivity index (χ4v) is 4.26. The van der Waals surface area contributed by atoms with Gasteiger partial charge in [-0.2, -0.15) is 0 Å². The minimum atomic E-state index is -0.307. The molecule has 1 aliphatic heterocycles. The lowest BCUT2D eigenvalue weighted by molar-refractivity contribution is 0.00901. The average molecular weight is 498 g/mol. The summed E-state index contributed by atoms with van der Waals surface area (Å²) < 4.78 is 12.0. The van der Waals surface area contributed by atoms with Gasteiger partial charge in [0.05, 0.1) is 17.4 Å². The molecule has 1 aromatic carbocycles. The van der Waals surface area contributed by atoms with Crippen LogP contribution in [0.15, 0.2) is 42.6 Å². The summed E-state index contributed by atoms with van der Waals surface area (Å²) >= 11 is 0. The van der Waals surface area contributed by atoms with Gasteiger partial charge in [0.15, 0.2) is 0 Å². The van der Waals surface area contributed by atoms with Gasteiger partial charge in [-0.25, -0.2) is 4.79 Å². The standard InChI is InChI=1S/C27H39N5O4/c1-6-12-29-27(34)30-21-10-11-24-23(14-21)26(33)31(4)17-25(35-5)19(2)15-32(20(3)18-36-24)16-22-9-7-8-13-28-22/h7-11,13-14,19-20,25H,6,12,15-18H2,1-5H3,(H2,29,30,34)/t19-,20+,25-/m0/s1. The van der Waals surface area contributed by atoms with Gasteiger partial charge in [0.1, 0.15) is 12.4 Å². The van der Waals surface area contributed by atoms with Crippen molar-refractivity contribution in [2.45, 2.75) is 45.9 Å². The highest BCUT2D eigenvalue weighted by Crippen LogP contribution is 2.26. The Morgan fingerprint density at radius 1 is 1.22 bits per heavy atom. The average Bonchev–Trinajstić information content (AvgIpc) is 2.88. The number of rotatable bonds is 6. The van der Waals surface area contributed by atoms with E-state index in [0.29, 0.717) is 43.2 Å². The summed E-state index contributed by atoms with van der Waals surface area (Å²) in [6, 6.07) is 10.8. The van der Waals surface area contributed by atoms with Gasteiger partial charge in [-0.05, 0) is 49.6 Å². The van der Waals surface area contributed by atoms with E-state index >= 15 is 0 Å². The van der Waals surface area contributed by atoms with Crippen LogP contribution in [0.3, 0.4) is 0 Å². The highest BCUT2D eigenvalue weighted by Gasteiger charge is 2.28. The Kier molecular flexibility index (Phi) is 10.1. The number of hydrogen-bond acceptors (Lipinski definition) is 6. The van der Waals surface area contributed by atoms with Crippen molar-refractivity contribution < 1.29 is 19.1 Å². The van der Waals surface area contributed by atoms with Crippen LogP contribution in [0, 0.1) is 5.92 Å². The van der Waals surface area contributed by atoms with Crippen LogP contribution >= 0.6 is 0 Å². The third kappa shape index (κ3) is 7.41. The first kappa shape index (κ1) is 27.4. The number of urea groups is 1. The van der Waals surface area contributed by atoms with Crippen molar-refractivity contribution in [2.24, 2.45) is 5.92 Å². The molecule has 0 fully saturated rings. The molecule has 0 aliphatic carbocycles. The van der Waals surface area contributed by atoms with Crippen molar-refractivity contribution in [1.29, 1.82) is 0 Å². The summed E-state index contributed by atoms with van der Waals surface area (Å²) in [4.78, 5) is 34.1. The van der Waals surface area contributed by atoms with Crippen molar-refractivity contribution in [1.82, 2.24) is 20.1 Å². The number of carbonyl (C=O) groups is 2. The highest BCUT2D eigenvalue weighted by atomic mass is 16.5. The molecular weight excluding hydrogens is 458 g/mol. The lowest BCUT2D eigenvalue weighted by atomic mass is 10.0. The summed E-state index contributed by atoms with van der Waals surface area (Å²) in [6.07, 6.45) is 2.49. The normalized spacial score (nSPS) is 21.5. The van der Waals surface area contributed by atoms with Gasteiger partial charge in [0.25, 0.3) is 5.91 Å². The summed E-state index contributed by atoms with van der Waals surface area (Å²) in [5.74, 6) is 0.458. The van der Waals surface area contributed by atoms with Crippen LogP contribution in [0.5, 0.6) is 5.75 Å². The van der Waals surface area contributed by atoms with Crippen molar-refractivity contribution in [3.8, 4) is 5.75 Å². The molecule has 0 bridgehead atoms. The highest BCUT2D eigenvalue weighted by molar-refractivity contribution is 5.99. The number of fused-ring (bicyclic) bond motifs is 1. The van der Waals surface area contributed by atoms with Gasteiger partial charge in [-0.15, -0.1) is 0 Å². The summed E-state index contributed by atoms with van der Waals surface area (Å²) in [5, 5.41) is 5.58. The maximum atomic E-state index is 13.5. The maximum absolute atomic E-state index is 13.5. The van der Waals surface area contributed by atoms with Crippen molar-refractivity contribution in [3.05, 3.63) is 53.9 Å². The number of methoxy groups -OCH3 is 1. The first-order valence-corrected chi connectivity index (χ1v) is 12.6. The quantitative estimate of drug-likeness (QED) is 0.633. The van der Waals surface area contributed by atoms with Crippen LogP contribution in [-0.2, 0) is 11.3 Å². The molecular formula is C27H39N5O4. The van der Waals surface area contributed by atoms with E-state index in [1.54, 1.807) is 43.5 Å². The molecule has 0 saturated carbocycles. The Hall–Kier alpha value is -3.17. The van der Waals surface area contributed by atoms with Crippen LogP contribution in [0.2, 0.25) is 0 Å². The van der Waals surface area contributed by atoms with E-state index in [9.17, 15) is 9.59 Å². The Bertz CT molecular complexity index is 1000. The number of likely N-dealkylation sites (N-methyl/N-ethyl adjacent to an activating group) is 1. The second kappa shape index (κ2) is 13.2. The molecule has 2 N–H and O–H groups in total. The topological polar surface area (TPSA) is 96.0 Å². The first-order chi connectivity index (χ1) is 17.3. The third-order valence-electron chi connectivity index (χ3n) is 6.46. The number of hydrogen-bond donors (Lipinski definition) is 2. The van der Waals surface area contributed by atoms with E-state index in [0.717, 1.165) is 18.7 Å². The van der Waals surface area contributed by atoms with Gasteiger partial charge in [0.2, 0.25) is 0 Å². The maximum Gasteiger partial charge on any atom is 0.319 e. The molecule has 2 heterocycles. The van der Waals surface area contributed by atoms with E-state index in [2.05, 4.69) is 34.4 Å². The lowest BCUT2D eigenvalue weighted by Crippen LogP contribution is -2.46. The molecule has 9 heteroatoms. The molecule has 36 heavy (non-hydrogen) atoms. The van der Waals surface area contributed by atoms with Gasteiger partial charge in [-0.3, -0.25) is 14.7 Å². The molecule has 196 valence electrons. The molecule has 0 spiro atoms. The molecule has 0 radical (unpaired) electrons. The number of carbonyl (C=O) groups excluding carboxylic acids is 2. The van der Waals surface area contributed by atoms with Crippen molar-refractivity contribution in [2.75, 3.05) is 45.7 Å². The first-order valence-electron chi connectivity index (χ1n) is 12.6. The molecule has 3 atom stereocenters. The Labute approximate surface area is 214 Å². The van der Waals surface area contributed by atoms with Crippen LogP contribution in [0.1, 0.15) is 43.2 Å². The number of benzene rings is 1. The van der Waals surface area contributed by atoms with Crippen LogP contribution in [0.25, 0.3) is 0 Å². The van der Waals surface area contributed by atoms with Gasteiger partial charge < -0.3 is 25.0 Å². The van der Waals surface area contributed by atoms with E-state index in [4.69, 9.17) is 9.47 Å². The number of ether oxygens (including phenoxy) is 2. The molecule has 3 amide bonds. The second-order valence-electron chi connectivity index (χ2n) is 9.44. The smallest absolute Gasteiger partial charge is 0.319 e. The SMILES string of the molecule is CCCNC(=O)Nc1ccc2c(c1)C(=O)N(C)C[C@H](OC)[C@@H](C)CN(Cc1ccccn1)[C@H](C)CO2. The molecule has 9 nitrogen and oxygen atoms in total. The van der Waals surface area contributed by atoms with Crippen molar-refractivity contribution >= 4 is 17.6 Å². The zero-order valence-corrected chi connectivity index (χ0v) is 22.0. The predicted molar refractivity (Wildman–Crippen MR) is 140 cm³/mol. The number of anilines is 1. The van der Waals surface area contributed by atoms with Crippen molar-refractivity contribution in [3.63, 3.8) is 0 Å². The molecule has 1 aromatic heterocycles. The van der Waals surface area contributed by atoms with Gasteiger partial charge in [0, 0.05) is 58.3 Å². The summed E-state index contributed by atoms with van der Waals surface area (Å²) in [5.41, 5.74) is 1.92. The summed E-state index contributed by atoms with van der Waals surface area (Å²) in [6.45, 7) is 9.09. The fourth-order valence-electron chi connectivity index (χ4n) is 4.26. The molecule has 1 aliphatic rings. The largest absolute Gasteiger partial charge is 0.491 e. The van der Waals surface area contributed by atoms with E-state index in [1.807, 2.05) is 25.1 Å². The lowest BCUT2D eigenvalue weighted by Gasteiger charge is -2.35. The number of nitrogens with zero attached hydrogens (tertiary/aromatic N) is 3. The van der Waals surface area contributed by atoms with Gasteiger partial charge in [-0.1, -0.05) is 19.9 Å². The molecule has 0 saturated heterocycles.